The zero-order chi connectivity index (χ0) is 15.8. The Morgan fingerprint density at radius 3 is 1.62 bits per heavy atom. The van der Waals surface area contributed by atoms with E-state index in [0.29, 0.717) is 6.61 Å². The number of aliphatic carboxylic acids is 1. The lowest BCUT2D eigenvalue weighted by atomic mass is 9.94. The second kappa shape index (κ2) is 15.8. The molecule has 0 bridgehead atoms. The molecule has 0 heterocycles. The Labute approximate surface area is 131 Å². The topological polar surface area (TPSA) is 57.5 Å². The summed E-state index contributed by atoms with van der Waals surface area (Å²) in [4.78, 5) is 11.2. The largest absolute Gasteiger partial charge is 0.481 e. The third kappa shape index (κ3) is 14.1. The van der Waals surface area contributed by atoms with E-state index < -0.39 is 5.97 Å². The van der Waals surface area contributed by atoms with Crippen molar-refractivity contribution in [2.75, 3.05) is 6.61 Å². The molecule has 0 aromatic heterocycles. The van der Waals surface area contributed by atoms with Crippen molar-refractivity contribution in [1.82, 2.24) is 0 Å². The molecule has 0 spiro atoms. The number of hydrogen-bond acceptors (Lipinski definition) is 2. The van der Waals surface area contributed by atoms with E-state index in [1.807, 2.05) is 0 Å². The molecule has 0 amide bonds. The first-order chi connectivity index (χ1) is 10.2. The molecule has 0 saturated carbocycles. The van der Waals surface area contributed by atoms with Crippen LogP contribution < -0.4 is 0 Å². The molecular formula is C18H36O3. The molecule has 0 aliphatic rings. The molecule has 1 atom stereocenters. The number of aliphatic hydroxyl groups excluding tert-OH is 1. The average molecular weight is 300 g/mol. The zero-order valence-electron chi connectivity index (χ0n) is 14.0. The fourth-order valence-corrected chi connectivity index (χ4v) is 2.77. The molecule has 0 rings (SSSR count). The summed E-state index contributed by atoms with van der Waals surface area (Å²) in [6, 6.07) is 0. The van der Waals surface area contributed by atoms with Crippen molar-refractivity contribution < 1.29 is 15.0 Å². The SMILES string of the molecule is CCCCCCCCC(CCCCCCCCO)C(=O)O. The summed E-state index contributed by atoms with van der Waals surface area (Å²) in [6.45, 7) is 2.50. The van der Waals surface area contributed by atoms with Crippen LogP contribution in [0.25, 0.3) is 0 Å². The van der Waals surface area contributed by atoms with Crippen LogP contribution in [0.1, 0.15) is 96.8 Å². The van der Waals surface area contributed by atoms with Gasteiger partial charge in [-0.1, -0.05) is 77.6 Å². The number of carboxylic acid groups (broad SMARTS) is 1. The Morgan fingerprint density at radius 2 is 1.19 bits per heavy atom. The van der Waals surface area contributed by atoms with E-state index in [2.05, 4.69) is 6.92 Å². The van der Waals surface area contributed by atoms with Crippen LogP contribution in [0.4, 0.5) is 0 Å². The molecule has 0 radical (unpaired) electrons. The maximum atomic E-state index is 11.2. The lowest BCUT2D eigenvalue weighted by Gasteiger charge is -2.12. The molecular weight excluding hydrogens is 264 g/mol. The van der Waals surface area contributed by atoms with Crippen LogP contribution in [0.5, 0.6) is 0 Å². The first-order valence-corrected chi connectivity index (χ1v) is 9.06. The van der Waals surface area contributed by atoms with Gasteiger partial charge in [0.25, 0.3) is 0 Å². The van der Waals surface area contributed by atoms with Crippen LogP contribution in [-0.2, 0) is 4.79 Å². The van der Waals surface area contributed by atoms with Gasteiger partial charge in [-0.2, -0.15) is 0 Å². The predicted octanol–water partition coefficient (Wildman–Crippen LogP) is 5.16. The molecule has 0 saturated heterocycles. The molecule has 2 N–H and O–H groups in total. The molecule has 21 heavy (non-hydrogen) atoms. The summed E-state index contributed by atoms with van der Waals surface area (Å²) in [5, 5.41) is 17.9. The van der Waals surface area contributed by atoms with Gasteiger partial charge in [0.2, 0.25) is 0 Å². The maximum Gasteiger partial charge on any atom is 0.306 e. The van der Waals surface area contributed by atoms with E-state index in [9.17, 15) is 9.90 Å². The minimum absolute atomic E-state index is 0.131. The zero-order valence-corrected chi connectivity index (χ0v) is 14.0. The van der Waals surface area contributed by atoms with Crippen molar-refractivity contribution in [3.63, 3.8) is 0 Å². The van der Waals surface area contributed by atoms with Crippen molar-refractivity contribution >= 4 is 5.97 Å². The number of unbranched alkanes of at least 4 members (excludes halogenated alkanes) is 10. The van der Waals surface area contributed by atoms with Crippen LogP contribution >= 0.6 is 0 Å². The molecule has 0 aliphatic carbocycles. The van der Waals surface area contributed by atoms with Crippen LogP contribution in [0.3, 0.4) is 0 Å². The second-order valence-corrected chi connectivity index (χ2v) is 6.23. The number of rotatable bonds is 16. The number of carbonyl (C=O) groups is 1. The molecule has 3 nitrogen and oxygen atoms in total. The highest BCUT2D eigenvalue weighted by Crippen LogP contribution is 2.19. The van der Waals surface area contributed by atoms with E-state index in [-0.39, 0.29) is 5.92 Å². The van der Waals surface area contributed by atoms with Gasteiger partial charge in [-0.25, -0.2) is 0 Å². The highest BCUT2D eigenvalue weighted by atomic mass is 16.4. The number of aliphatic hydroxyl groups is 1. The summed E-state index contributed by atoms with van der Waals surface area (Å²) >= 11 is 0. The van der Waals surface area contributed by atoms with Gasteiger partial charge < -0.3 is 10.2 Å². The predicted molar refractivity (Wildman–Crippen MR) is 88.5 cm³/mol. The fraction of sp³-hybridized carbons (Fsp3) is 0.944. The van der Waals surface area contributed by atoms with E-state index in [0.717, 1.165) is 51.4 Å². The van der Waals surface area contributed by atoms with Crippen molar-refractivity contribution in [2.45, 2.75) is 96.8 Å². The highest BCUT2D eigenvalue weighted by Gasteiger charge is 2.16. The average Bonchev–Trinajstić information content (AvgIpc) is 2.47. The molecule has 3 heteroatoms. The van der Waals surface area contributed by atoms with Crippen molar-refractivity contribution in [3.05, 3.63) is 0 Å². The molecule has 126 valence electrons. The highest BCUT2D eigenvalue weighted by molar-refractivity contribution is 5.69. The van der Waals surface area contributed by atoms with E-state index >= 15 is 0 Å². The Balaban J connectivity index is 3.52. The quantitative estimate of drug-likeness (QED) is 0.387. The van der Waals surface area contributed by atoms with E-state index in [1.54, 1.807) is 0 Å². The van der Waals surface area contributed by atoms with Gasteiger partial charge in [-0.15, -0.1) is 0 Å². The normalized spacial score (nSPS) is 12.5. The summed E-state index contributed by atoms with van der Waals surface area (Å²) in [7, 11) is 0. The number of hydrogen-bond donors (Lipinski definition) is 2. The van der Waals surface area contributed by atoms with Crippen LogP contribution in [0.2, 0.25) is 0 Å². The smallest absolute Gasteiger partial charge is 0.306 e. The van der Waals surface area contributed by atoms with Crippen LogP contribution in [0.15, 0.2) is 0 Å². The summed E-state index contributed by atoms with van der Waals surface area (Å²) in [5.41, 5.74) is 0. The summed E-state index contributed by atoms with van der Waals surface area (Å²) in [5.74, 6) is -0.738. The Bertz CT molecular complexity index is 229. The van der Waals surface area contributed by atoms with Crippen LogP contribution in [-0.4, -0.2) is 22.8 Å². The lowest BCUT2D eigenvalue weighted by molar-refractivity contribution is -0.142. The Kier molecular flexibility index (Phi) is 15.4. The van der Waals surface area contributed by atoms with Gasteiger partial charge in [-0.05, 0) is 19.3 Å². The molecule has 0 aromatic rings. The third-order valence-electron chi connectivity index (χ3n) is 4.22. The molecule has 0 aliphatic heterocycles. The minimum atomic E-state index is -0.608. The monoisotopic (exact) mass is 300 g/mol. The molecule has 0 fully saturated rings. The summed E-state index contributed by atoms with van der Waals surface area (Å²) in [6.07, 6.45) is 15.5. The third-order valence-corrected chi connectivity index (χ3v) is 4.22. The van der Waals surface area contributed by atoms with Gasteiger partial charge in [0, 0.05) is 6.61 Å². The van der Waals surface area contributed by atoms with Crippen LogP contribution in [0, 0.1) is 5.92 Å². The van der Waals surface area contributed by atoms with Gasteiger partial charge in [-0.3, -0.25) is 4.79 Å². The first-order valence-electron chi connectivity index (χ1n) is 9.06. The number of carboxylic acids is 1. The van der Waals surface area contributed by atoms with E-state index in [1.165, 1.54) is 38.5 Å². The lowest BCUT2D eigenvalue weighted by Crippen LogP contribution is -2.13. The van der Waals surface area contributed by atoms with Gasteiger partial charge in [0.15, 0.2) is 0 Å². The van der Waals surface area contributed by atoms with Gasteiger partial charge >= 0.3 is 5.97 Å². The molecule has 1 unspecified atom stereocenters. The minimum Gasteiger partial charge on any atom is -0.481 e. The fourth-order valence-electron chi connectivity index (χ4n) is 2.77. The molecule has 0 aromatic carbocycles. The Hall–Kier alpha value is -0.570. The van der Waals surface area contributed by atoms with Crippen molar-refractivity contribution in [1.29, 1.82) is 0 Å². The standard InChI is InChI=1S/C18H36O3/c1-2-3-4-5-8-11-14-17(18(20)21)15-12-9-6-7-10-13-16-19/h17,19H,2-16H2,1H3,(H,20,21). The van der Waals surface area contributed by atoms with Crippen molar-refractivity contribution in [3.8, 4) is 0 Å². The van der Waals surface area contributed by atoms with E-state index in [4.69, 9.17) is 5.11 Å². The van der Waals surface area contributed by atoms with Crippen molar-refractivity contribution in [2.24, 2.45) is 5.92 Å². The Morgan fingerprint density at radius 1 is 0.762 bits per heavy atom. The first kappa shape index (κ1) is 20.4. The maximum absolute atomic E-state index is 11.2. The summed E-state index contributed by atoms with van der Waals surface area (Å²) < 4.78 is 0. The van der Waals surface area contributed by atoms with Gasteiger partial charge in [0.1, 0.15) is 0 Å². The van der Waals surface area contributed by atoms with Gasteiger partial charge in [0.05, 0.1) is 5.92 Å². The second-order valence-electron chi connectivity index (χ2n) is 6.23.